The van der Waals surface area contributed by atoms with E-state index in [1.165, 1.54) is 0 Å². The van der Waals surface area contributed by atoms with Crippen molar-refractivity contribution in [2.75, 3.05) is 52.8 Å². The van der Waals surface area contributed by atoms with Crippen LogP contribution in [-0.2, 0) is 14.3 Å². The van der Waals surface area contributed by atoms with Crippen LogP contribution in [0, 0.1) is 6.92 Å². The van der Waals surface area contributed by atoms with E-state index in [0.29, 0.717) is 55.6 Å². The fraction of sp³-hybridized carbons (Fsp3) is 0.464. The van der Waals surface area contributed by atoms with E-state index in [4.69, 9.17) is 14.6 Å². The molecule has 2 amide bonds. The fourth-order valence-electron chi connectivity index (χ4n) is 4.39. The highest BCUT2D eigenvalue weighted by Gasteiger charge is 2.27. The molecule has 10 nitrogen and oxygen atoms in total. The van der Waals surface area contributed by atoms with E-state index in [1.807, 2.05) is 69.1 Å². The number of carbonyl (C=O) groups is 2. The highest BCUT2D eigenvalue weighted by molar-refractivity contribution is 6.01. The number of nitrogens with zero attached hydrogens (tertiary/aromatic N) is 3. The van der Waals surface area contributed by atoms with Crippen molar-refractivity contribution < 1.29 is 19.1 Å². The Labute approximate surface area is 225 Å². The number of nitrogens with one attached hydrogen (secondary N) is 3. The van der Waals surface area contributed by atoms with E-state index in [-0.39, 0.29) is 17.9 Å². The second-order valence-corrected chi connectivity index (χ2v) is 9.20. The Bertz CT molecular complexity index is 1170. The summed E-state index contributed by atoms with van der Waals surface area (Å²) in [5.74, 6) is 1.11. The Morgan fingerprint density at radius 2 is 1.89 bits per heavy atom. The topological polar surface area (TPSA) is 110 Å². The van der Waals surface area contributed by atoms with E-state index in [9.17, 15) is 9.59 Å². The van der Waals surface area contributed by atoms with Gasteiger partial charge in [0.15, 0.2) is 11.7 Å². The van der Waals surface area contributed by atoms with E-state index in [2.05, 4.69) is 16.0 Å². The van der Waals surface area contributed by atoms with Crippen LogP contribution < -0.4 is 16.0 Å². The molecule has 0 saturated carbocycles. The minimum Gasteiger partial charge on any atom is -0.482 e. The monoisotopic (exact) mass is 524 g/mol. The van der Waals surface area contributed by atoms with E-state index in [1.54, 1.807) is 18.9 Å². The lowest BCUT2D eigenvalue weighted by Gasteiger charge is -2.28. The maximum Gasteiger partial charge on any atom is 0.320 e. The fourth-order valence-corrected chi connectivity index (χ4v) is 4.39. The molecule has 3 N–H and O–H groups in total. The van der Waals surface area contributed by atoms with Gasteiger partial charge < -0.3 is 25.0 Å². The van der Waals surface area contributed by atoms with Gasteiger partial charge in [0, 0.05) is 57.4 Å². The molecule has 0 radical (unpaired) electrons. The summed E-state index contributed by atoms with van der Waals surface area (Å²) in [6, 6.07) is 9.29. The third-order valence-corrected chi connectivity index (χ3v) is 6.48. The number of rotatable bonds is 13. The number of benzene rings is 1. The molecule has 0 bridgehead atoms. The second-order valence-electron chi connectivity index (χ2n) is 9.20. The van der Waals surface area contributed by atoms with Crippen LogP contribution in [0.25, 0.3) is 11.3 Å². The van der Waals surface area contributed by atoms with Crippen LogP contribution in [0.2, 0.25) is 0 Å². The number of methoxy groups -OCH3 is 2. The Kier molecular flexibility index (Phi) is 10.5. The van der Waals surface area contributed by atoms with Crippen LogP contribution in [0.15, 0.2) is 47.9 Å². The molecule has 0 fully saturated rings. The largest absolute Gasteiger partial charge is 0.482 e. The van der Waals surface area contributed by atoms with Gasteiger partial charge in [0.1, 0.15) is 5.82 Å². The average Bonchev–Trinajstić information content (AvgIpc) is 3.25. The maximum absolute atomic E-state index is 13.1. The normalized spacial score (nSPS) is 14.3. The van der Waals surface area contributed by atoms with Gasteiger partial charge in [0.25, 0.3) is 0 Å². The lowest BCUT2D eigenvalue weighted by molar-refractivity contribution is -0.115. The number of likely N-dealkylation sites (N-methyl/N-ethyl adjacent to an activating group) is 1. The smallest absolute Gasteiger partial charge is 0.320 e. The number of carbonyl (C=O) groups excluding carboxylic acids is 2. The molecule has 2 aromatic rings. The lowest BCUT2D eigenvalue weighted by atomic mass is 9.98. The molecule has 0 spiro atoms. The Morgan fingerprint density at radius 1 is 1.16 bits per heavy atom. The summed E-state index contributed by atoms with van der Waals surface area (Å²) in [7, 11) is 5.12. The predicted molar refractivity (Wildman–Crippen MR) is 149 cm³/mol. The summed E-state index contributed by atoms with van der Waals surface area (Å²) in [6.45, 7) is 8.26. The molecule has 2 heterocycles. The number of para-hydroxylation sites is 1. The Morgan fingerprint density at radius 3 is 2.53 bits per heavy atom. The van der Waals surface area contributed by atoms with Gasteiger partial charge in [-0.3, -0.25) is 10.1 Å². The molecule has 1 aliphatic heterocycles. The molecule has 0 unspecified atom stereocenters. The van der Waals surface area contributed by atoms with Crippen LogP contribution in [0.1, 0.15) is 37.9 Å². The molecule has 1 aliphatic rings. The Balaban J connectivity index is 1.96. The van der Waals surface area contributed by atoms with Crippen molar-refractivity contribution in [2.45, 2.75) is 39.7 Å². The number of aromatic nitrogens is 2. The first-order chi connectivity index (χ1) is 18.3. The van der Waals surface area contributed by atoms with Gasteiger partial charge in [-0.05, 0) is 31.6 Å². The minimum atomic E-state index is -0.310. The van der Waals surface area contributed by atoms with Gasteiger partial charge in [0.2, 0.25) is 0 Å². The first-order valence-corrected chi connectivity index (χ1v) is 13.0. The predicted octanol–water partition coefficient (Wildman–Crippen LogP) is 3.48. The lowest BCUT2D eigenvalue weighted by Crippen LogP contribution is -2.44. The highest BCUT2D eigenvalue weighted by atomic mass is 16.5. The van der Waals surface area contributed by atoms with Crippen LogP contribution in [-0.4, -0.2) is 80.0 Å². The zero-order valence-electron chi connectivity index (χ0n) is 23.3. The molecule has 1 aromatic carbocycles. The molecule has 206 valence electrons. The number of Topliss-reactive ketones (excluding diaryl/α,β-unsaturated/α-hetero) is 1. The summed E-state index contributed by atoms with van der Waals surface area (Å²) < 4.78 is 12.3. The molecule has 0 saturated heterocycles. The SMILES string of the molecule is CCC(=O)C1=C(OC)N(C)CC(c2nn(-c3ccccc3)c(NC(=O)N[C@@H](CC)CNCCOC)c2C)=C1. The van der Waals surface area contributed by atoms with Crippen molar-refractivity contribution >= 4 is 23.2 Å². The van der Waals surface area contributed by atoms with Gasteiger partial charge in [-0.1, -0.05) is 32.0 Å². The summed E-state index contributed by atoms with van der Waals surface area (Å²) in [5, 5.41) is 14.3. The quantitative estimate of drug-likeness (QED) is 0.344. The highest BCUT2D eigenvalue weighted by Crippen LogP contribution is 2.32. The van der Waals surface area contributed by atoms with Crippen LogP contribution >= 0.6 is 0 Å². The number of anilines is 1. The average molecular weight is 525 g/mol. The molecule has 1 aromatic heterocycles. The zero-order chi connectivity index (χ0) is 27.7. The standard InChI is InChI=1S/C28H40N6O4/c1-7-21(17-29-14-15-37-5)30-28(36)31-26-19(3)25(32-34(26)22-12-10-9-11-13-22)20-16-23(24(35)8-2)27(38-6)33(4)18-20/h9-13,16,21,29H,7-8,14-15,17-18H2,1-6H3,(H2,30,31,36)/t21-/m0/s1. The summed E-state index contributed by atoms with van der Waals surface area (Å²) in [4.78, 5) is 27.7. The summed E-state index contributed by atoms with van der Waals surface area (Å²) in [6.07, 6.45) is 3.00. The van der Waals surface area contributed by atoms with Crippen molar-refractivity contribution in [3.63, 3.8) is 0 Å². The number of allylic oxidation sites excluding steroid dienone is 2. The van der Waals surface area contributed by atoms with Crippen LogP contribution in [0.3, 0.4) is 0 Å². The van der Waals surface area contributed by atoms with Gasteiger partial charge in [-0.15, -0.1) is 0 Å². The van der Waals surface area contributed by atoms with Crippen molar-refractivity contribution in [1.82, 2.24) is 25.3 Å². The third-order valence-electron chi connectivity index (χ3n) is 6.48. The summed E-state index contributed by atoms with van der Waals surface area (Å²) in [5.41, 5.74) is 3.72. The molecule has 1 atom stereocenters. The molecule has 0 aliphatic carbocycles. The zero-order valence-corrected chi connectivity index (χ0v) is 23.3. The van der Waals surface area contributed by atoms with Gasteiger partial charge in [-0.25, -0.2) is 9.48 Å². The van der Waals surface area contributed by atoms with Crippen LogP contribution in [0.4, 0.5) is 10.6 Å². The molecular formula is C28H40N6O4. The first kappa shape index (κ1) is 28.9. The van der Waals surface area contributed by atoms with E-state index in [0.717, 1.165) is 23.2 Å². The summed E-state index contributed by atoms with van der Waals surface area (Å²) >= 11 is 0. The van der Waals surface area contributed by atoms with Gasteiger partial charge in [-0.2, -0.15) is 5.10 Å². The number of hydrogen-bond donors (Lipinski definition) is 3. The molecule has 10 heteroatoms. The van der Waals surface area contributed by atoms with Crippen LogP contribution in [0.5, 0.6) is 0 Å². The number of hydrogen-bond acceptors (Lipinski definition) is 7. The Hall–Kier alpha value is -3.63. The van der Waals surface area contributed by atoms with E-state index < -0.39 is 0 Å². The number of amides is 2. The van der Waals surface area contributed by atoms with E-state index >= 15 is 0 Å². The maximum atomic E-state index is 13.1. The van der Waals surface area contributed by atoms with Gasteiger partial charge >= 0.3 is 6.03 Å². The molecular weight excluding hydrogens is 484 g/mol. The number of ketones is 1. The van der Waals surface area contributed by atoms with Gasteiger partial charge in [0.05, 0.1) is 30.7 Å². The third kappa shape index (κ3) is 6.81. The van der Waals surface area contributed by atoms with Crippen molar-refractivity contribution in [2.24, 2.45) is 0 Å². The minimum absolute atomic E-state index is 0.00603. The van der Waals surface area contributed by atoms with Crippen molar-refractivity contribution in [3.05, 3.63) is 59.1 Å². The molecule has 3 rings (SSSR count). The first-order valence-electron chi connectivity index (χ1n) is 13.0. The second kappa shape index (κ2) is 13.8. The molecule has 38 heavy (non-hydrogen) atoms. The number of urea groups is 1. The van der Waals surface area contributed by atoms with Crippen molar-refractivity contribution in [3.8, 4) is 5.69 Å². The van der Waals surface area contributed by atoms with Crippen molar-refractivity contribution in [1.29, 1.82) is 0 Å². The number of ether oxygens (including phenoxy) is 2.